The van der Waals surface area contributed by atoms with Crippen LogP contribution in [0.2, 0.25) is 0 Å². The van der Waals surface area contributed by atoms with E-state index in [9.17, 15) is 50.6 Å². The Kier molecular flexibility index (Phi) is 6.43. The molecule has 2 aliphatic heterocycles. The van der Waals surface area contributed by atoms with Gasteiger partial charge in [0.1, 0.15) is 12.6 Å². The van der Waals surface area contributed by atoms with Crippen molar-refractivity contribution in [3.05, 3.63) is 0 Å². The number of ketones is 1. The standard InChI is InChI=1S/C18H21F6N3O6/c19-17(20,21)12(29)15(32)27-5-8-4-16(8,11(27)13(25)30)9(3-7-1-2-26-14(7)31)10(28)6-33-18(22,23)24/h7-9,11-12,29H,1-6H2,(H2,25,30)(H,26,31)/t7-,8?,9-,11?,12+,16?/m1/s1. The number of piperidine rings is 1. The van der Waals surface area contributed by atoms with Crippen LogP contribution in [0.15, 0.2) is 0 Å². The van der Waals surface area contributed by atoms with Crippen molar-refractivity contribution in [1.82, 2.24) is 10.2 Å². The minimum atomic E-state index is -5.34. The molecular weight excluding hydrogens is 468 g/mol. The summed E-state index contributed by atoms with van der Waals surface area (Å²) in [7, 11) is 0. The van der Waals surface area contributed by atoms with Crippen LogP contribution in [-0.4, -0.2) is 77.9 Å². The van der Waals surface area contributed by atoms with Crippen LogP contribution in [0.1, 0.15) is 19.3 Å². The van der Waals surface area contributed by atoms with Gasteiger partial charge in [0, 0.05) is 30.3 Å². The number of aliphatic hydroxyl groups is 1. The summed E-state index contributed by atoms with van der Waals surface area (Å²) < 4.78 is 79.7. The van der Waals surface area contributed by atoms with Crippen molar-refractivity contribution in [2.45, 2.75) is 43.9 Å². The number of amides is 3. The highest BCUT2D eigenvalue weighted by molar-refractivity contribution is 5.93. The molecule has 3 unspecified atom stereocenters. The molecule has 3 amide bonds. The van der Waals surface area contributed by atoms with Gasteiger partial charge in [-0.2, -0.15) is 13.2 Å². The van der Waals surface area contributed by atoms with E-state index in [1.807, 2.05) is 0 Å². The predicted molar refractivity (Wildman–Crippen MR) is 93.5 cm³/mol. The van der Waals surface area contributed by atoms with E-state index in [0.717, 1.165) is 0 Å². The van der Waals surface area contributed by atoms with Crippen LogP contribution < -0.4 is 11.1 Å². The lowest BCUT2D eigenvalue weighted by molar-refractivity contribution is -0.321. The number of Topliss-reactive ketones (excluding diaryl/α,β-unsaturated/α-hetero) is 1. The summed E-state index contributed by atoms with van der Waals surface area (Å²) in [5.74, 6) is -7.66. The van der Waals surface area contributed by atoms with E-state index in [1.54, 1.807) is 0 Å². The number of hydrogen-bond acceptors (Lipinski definition) is 6. The van der Waals surface area contributed by atoms with Crippen molar-refractivity contribution >= 4 is 23.5 Å². The van der Waals surface area contributed by atoms with Crippen LogP contribution in [0.5, 0.6) is 0 Å². The SMILES string of the molecule is NC(=O)C1N(C(=O)[C@H](O)C(F)(F)F)CC2CC21[C@H](C[C@H]1CCNC1=O)C(=O)COC(F)(F)F. The lowest BCUT2D eigenvalue weighted by Crippen LogP contribution is -2.56. The molecule has 0 aromatic carbocycles. The van der Waals surface area contributed by atoms with Crippen molar-refractivity contribution in [3.63, 3.8) is 0 Å². The zero-order chi connectivity index (χ0) is 24.9. The van der Waals surface area contributed by atoms with Gasteiger partial charge in [0.15, 0.2) is 5.78 Å². The van der Waals surface area contributed by atoms with Crippen molar-refractivity contribution in [3.8, 4) is 0 Å². The Morgan fingerprint density at radius 1 is 1.24 bits per heavy atom. The summed E-state index contributed by atoms with van der Waals surface area (Å²) in [4.78, 5) is 49.8. The van der Waals surface area contributed by atoms with Gasteiger partial charge in [-0.15, -0.1) is 13.2 Å². The van der Waals surface area contributed by atoms with E-state index in [2.05, 4.69) is 10.1 Å². The third-order valence-corrected chi connectivity index (χ3v) is 6.63. The highest BCUT2D eigenvalue weighted by Crippen LogP contribution is 2.67. The molecular formula is C18H21F6N3O6. The highest BCUT2D eigenvalue weighted by atomic mass is 19.4. The van der Waals surface area contributed by atoms with E-state index in [1.165, 1.54) is 0 Å². The molecule has 2 saturated heterocycles. The molecule has 1 saturated carbocycles. The van der Waals surface area contributed by atoms with Crippen molar-refractivity contribution < 1.29 is 55.4 Å². The average molecular weight is 489 g/mol. The van der Waals surface area contributed by atoms with Gasteiger partial charge in [0.05, 0.1) is 0 Å². The van der Waals surface area contributed by atoms with Crippen LogP contribution in [0, 0.1) is 23.2 Å². The van der Waals surface area contributed by atoms with E-state index < -0.39 is 84.5 Å². The number of rotatable bonds is 8. The zero-order valence-electron chi connectivity index (χ0n) is 16.9. The maximum Gasteiger partial charge on any atom is 0.522 e. The number of aliphatic hydroxyl groups excluding tert-OH is 1. The normalized spacial score (nSPS) is 31.1. The fourth-order valence-corrected chi connectivity index (χ4v) is 5.18. The first kappa shape index (κ1) is 25.2. The fraction of sp³-hybridized carbons (Fsp3) is 0.778. The number of halogens is 6. The summed E-state index contributed by atoms with van der Waals surface area (Å²) >= 11 is 0. The number of nitrogens with zero attached hydrogens (tertiary/aromatic N) is 1. The topological polar surface area (TPSA) is 139 Å². The number of ether oxygens (including phenoxy) is 1. The number of nitrogens with two attached hydrogens (primary N) is 1. The Morgan fingerprint density at radius 2 is 1.88 bits per heavy atom. The molecule has 3 fully saturated rings. The first-order valence-electron chi connectivity index (χ1n) is 9.95. The Labute approximate surface area is 182 Å². The number of carbonyl (C=O) groups is 4. The summed E-state index contributed by atoms with van der Waals surface area (Å²) in [5.41, 5.74) is 3.80. The van der Waals surface area contributed by atoms with Gasteiger partial charge in [-0.25, -0.2) is 0 Å². The molecule has 15 heteroatoms. The molecule has 0 radical (unpaired) electrons. The molecule has 4 N–H and O–H groups in total. The van der Waals surface area contributed by atoms with Crippen LogP contribution in [-0.2, 0) is 23.9 Å². The van der Waals surface area contributed by atoms with E-state index in [4.69, 9.17) is 5.73 Å². The van der Waals surface area contributed by atoms with Crippen LogP contribution in [0.25, 0.3) is 0 Å². The van der Waals surface area contributed by atoms with Crippen LogP contribution >= 0.6 is 0 Å². The lowest BCUT2D eigenvalue weighted by atomic mass is 9.74. The third kappa shape index (κ3) is 4.78. The zero-order valence-corrected chi connectivity index (χ0v) is 16.9. The molecule has 9 nitrogen and oxygen atoms in total. The molecule has 3 rings (SSSR count). The number of fused-ring (bicyclic) bond motifs is 1. The highest BCUT2D eigenvalue weighted by Gasteiger charge is 2.73. The summed E-state index contributed by atoms with van der Waals surface area (Å²) in [6.07, 6.45) is -14.0. The first-order chi connectivity index (χ1) is 15.1. The van der Waals surface area contributed by atoms with Gasteiger partial charge < -0.3 is 21.1 Å². The Balaban J connectivity index is 1.93. The van der Waals surface area contributed by atoms with Gasteiger partial charge in [0.2, 0.25) is 17.9 Å². The fourth-order valence-electron chi connectivity index (χ4n) is 5.18. The minimum absolute atomic E-state index is 0.0171. The van der Waals surface area contributed by atoms with E-state index in [-0.39, 0.29) is 25.8 Å². The maximum atomic E-state index is 12.9. The summed E-state index contributed by atoms with van der Waals surface area (Å²) in [5, 5.41) is 11.9. The van der Waals surface area contributed by atoms with E-state index >= 15 is 0 Å². The monoisotopic (exact) mass is 489 g/mol. The molecule has 0 aromatic heterocycles. The second-order valence-electron chi connectivity index (χ2n) is 8.52. The van der Waals surface area contributed by atoms with Crippen molar-refractivity contribution in [2.75, 3.05) is 19.7 Å². The van der Waals surface area contributed by atoms with Gasteiger partial charge in [0.25, 0.3) is 5.91 Å². The minimum Gasteiger partial charge on any atom is -0.376 e. The number of carbonyl (C=O) groups excluding carboxylic acids is 4. The number of hydrogen-bond donors (Lipinski definition) is 3. The first-order valence-corrected chi connectivity index (χ1v) is 9.95. The third-order valence-electron chi connectivity index (χ3n) is 6.63. The summed E-state index contributed by atoms with van der Waals surface area (Å²) in [6, 6.07) is -1.78. The number of likely N-dealkylation sites (tertiary alicyclic amines) is 1. The molecule has 33 heavy (non-hydrogen) atoms. The van der Waals surface area contributed by atoms with Crippen LogP contribution in [0.4, 0.5) is 26.3 Å². The Hall–Kier alpha value is -2.42. The van der Waals surface area contributed by atoms with Crippen molar-refractivity contribution in [2.24, 2.45) is 28.9 Å². The van der Waals surface area contributed by atoms with Crippen molar-refractivity contribution in [1.29, 1.82) is 0 Å². The number of nitrogens with one attached hydrogen (secondary N) is 1. The molecule has 6 atom stereocenters. The molecule has 0 spiro atoms. The average Bonchev–Trinajstić information content (AvgIpc) is 3.06. The molecule has 0 bridgehead atoms. The molecule has 186 valence electrons. The van der Waals surface area contributed by atoms with Gasteiger partial charge in [-0.1, -0.05) is 0 Å². The molecule has 3 aliphatic rings. The second-order valence-corrected chi connectivity index (χ2v) is 8.52. The Bertz CT molecular complexity index is 849. The lowest BCUT2D eigenvalue weighted by Gasteiger charge is -2.35. The van der Waals surface area contributed by atoms with Crippen LogP contribution in [0.3, 0.4) is 0 Å². The largest absolute Gasteiger partial charge is 0.522 e. The molecule has 1 aliphatic carbocycles. The quantitative estimate of drug-likeness (QED) is 0.406. The maximum absolute atomic E-state index is 12.9. The molecule has 2 heterocycles. The van der Waals surface area contributed by atoms with E-state index in [0.29, 0.717) is 4.90 Å². The van der Waals surface area contributed by atoms with Gasteiger partial charge in [-0.3, -0.25) is 23.9 Å². The number of primary amides is 1. The second kappa shape index (κ2) is 8.42. The predicted octanol–water partition coefficient (Wildman–Crippen LogP) is -0.140. The van der Waals surface area contributed by atoms with Gasteiger partial charge in [-0.05, 0) is 25.2 Å². The summed E-state index contributed by atoms with van der Waals surface area (Å²) in [6.45, 7) is -1.65. The Morgan fingerprint density at radius 3 is 2.36 bits per heavy atom. The molecule has 0 aromatic rings. The van der Waals surface area contributed by atoms with Gasteiger partial charge >= 0.3 is 12.5 Å². The number of alkyl halides is 6. The smallest absolute Gasteiger partial charge is 0.376 e.